The molecule has 0 saturated heterocycles. The summed E-state index contributed by atoms with van der Waals surface area (Å²) in [6.45, 7) is 4.29. The van der Waals surface area contributed by atoms with Gasteiger partial charge >= 0.3 is 0 Å². The van der Waals surface area contributed by atoms with Gasteiger partial charge in [0.15, 0.2) is 5.78 Å². The fraction of sp³-hybridized carbons (Fsp3) is 0.562. The average Bonchev–Trinajstić information content (AvgIpc) is 2.47. The van der Waals surface area contributed by atoms with Gasteiger partial charge in [0.2, 0.25) is 10.0 Å². The van der Waals surface area contributed by atoms with E-state index in [0.29, 0.717) is 18.8 Å². The van der Waals surface area contributed by atoms with Crippen LogP contribution in [0.15, 0.2) is 23.2 Å². The number of sulfonamides is 1. The summed E-state index contributed by atoms with van der Waals surface area (Å²) in [5.41, 5.74) is 0.322. The number of carbonyl (C=O) groups is 1. The lowest BCUT2D eigenvalue weighted by molar-refractivity contribution is -0.125. The van der Waals surface area contributed by atoms with E-state index in [4.69, 9.17) is 0 Å². The summed E-state index contributed by atoms with van der Waals surface area (Å²) < 4.78 is 26.1. The van der Waals surface area contributed by atoms with E-state index < -0.39 is 15.9 Å². The molecule has 1 saturated carbocycles. The van der Waals surface area contributed by atoms with E-state index in [1.165, 1.54) is 22.6 Å². The van der Waals surface area contributed by atoms with E-state index in [9.17, 15) is 18.5 Å². The number of pyridine rings is 1. The molecular formula is C16H21N3O3S. The molecule has 0 radical (unpaired) electrons. The third-order valence-corrected chi connectivity index (χ3v) is 6.35. The first kappa shape index (κ1) is 17.6. The lowest BCUT2D eigenvalue weighted by Gasteiger charge is -2.25. The number of nitrogens with zero attached hydrogens (tertiary/aromatic N) is 3. The maximum atomic E-state index is 12.4. The smallest absolute Gasteiger partial charge is 0.244 e. The molecule has 0 unspecified atom stereocenters. The Morgan fingerprint density at radius 2 is 2.04 bits per heavy atom. The molecule has 2 rings (SSSR count). The third-order valence-electron chi connectivity index (χ3n) is 4.32. The summed E-state index contributed by atoms with van der Waals surface area (Å²) >= 11 is 0. The van der Waals surface area contributed by atoms with Gasteiger partial charge in [0, 0.05) is 25.2 Å². The predicted molar refractivity (Wildman–Crippen MR) is 85.0 cm³/mol. The van der Waals surface area contributed by atoms with Gasteiger partial charge in [-0.25, -0.2) is 8.42 Å². The van der Waals surface area contributed by atoms with Crippen LogP contribution in [-0.2, 0) is 14.8 Å². The highest BCUT2D eigenvalue weighted by Crippen LogP contribution is 2.32. The van der Waals surface area contributed by atoms with Crippen LogP contribution < -0.4 is 0 Å². The Hall–Kier alpha value is -1.78. The third kappa shape index (κ3) is 3.43. The van der Waals surface area contributed by atoms with Crippen LogP contribution in [0.4, 0.5) is 0 Å². The maximum absolute atomic E-state index is 12.4. The van der Waals surface area contributed by atoms with Crippen molar-refractivity contribution in [2.24, 2.45) is 5.92 Å². The van der Waals surface area contributed by atoms with Crippen LogP contribution >= 0.6 is 0 Å². The molecule has 7 heteroatoms. The van der Waals surface area contributed by atoms with E-state index in [-0.39, 0.29) is 16.6 Å². The van der Waals surface area contributed by atoms with Gasteiger partial charge in [-0.05, 0) is 25.0 Å². The van der Waals surface area contributed by atoms with Crippen molar-refractivity contribution < 1.29 is 13.2 Å². The molecule has 1 aliphatic carbocycles. The molecule has 1 aromatic rings. The number of ketones is 1. The van der Waals surface area contributed by atoms with Gasteiger partial charge < -0.3 is 0 Å². The van der Waals surface area contributed by atoms with Crippen molar-refractivity contribution in [2.75, 3.05) is 13.1 Å². The minimum atomic E-state index is -3.58. The second kappa shape index (κ2) is 7.20. The quantitative estimate of drug-likeness (QED) is 0.761. The predicted octanol–water partition coefficient (Wildman–Crippen LogP) is 2.09. The Morgan fingerprint density at radius 3 is 2.43 bits per heavy atom. The fourth-order valence-corrected chi connectivity index (χ4v) is 4.04. The fourth-order valence-electron chi connectivity index (χ4n) is 2.63. The van der Waals surface area contributed by atoms with Crippen LogP contribution in [-0.4, -0.2) is 36.6 Å². The van der Waals surface area contributed by atoms with Gasteiger partial charge in [0.05, 0.1) is 11.8 Å². The van der Waals surface area contributed by atoms with Gasteiger partial charge in [-0.3, -0.25) is 9.78 Å². The van der Waals surface area contributed by atoms with Crippen LogP contribution in [0.1, 0.15) is 44.7 Å². The van der Waals surface area contributed by atoms with Crippen molar-refractivity contribution in [2.45, 2.75) is 43.9 Å². The summed E-state index contributed by atoms with van der Waals surface area (Å²) in [5, 5.41) is 9.27. The second-order valence-electron chi connectivity index (χ2n) is 5.60. The number of hydrogen-bond acceptors (Lipinski definition) is 5. The molecule has 0 aromatic carbocycles. The molecule has 1 aliphatic rings. The molecule has 0 aliphatic heterocycles. The minimum absolute atomic E-state index is 0.0551. The monoisotopic (exact) mass is 335 g/mol. The second-order valence-corrected chi connectivity index (χ2v) is 7.54. The molecular weight excluding hydrogens is 314 g/mol. The largest absolute Gasteiger partial charge is 0.297 e. The van der Waals surface area contributed by atoms with Gasteiger partial charge in [0.1, 0.15) is 10.8 Å². The average molecular weight is 335 g/mol. The first-order chi connectivity index (χ1) is 11.0. The van der Waals surface area contributed by atoms with Crippen molar-refractivity contribution in [1.82, 2.24) is 9.29 Å². The van der Waals surface area contributed by atoms with Gasteiger partial charge in [-0.2, -0.15) is 9.57 Å². The molecule has 0 N–H and O–H groups in total. The van der Waals surface area contributed by atoms with E-state index in [2.05, 4.69) is 4.98 Å². The number of rotatable bonds is 7. The normalized spacial score (nSPS) is 16.6. The highest BCUT2D eigenvalue weighted by molar-refractivity contribution is 7.89. The lowest BCUT2D eigenvalue weighted by Crippen LogP contribution is -2.31. The minimum Gasteiger partial charge on any atom is -0.297 e. The van der Waals surface area contributed by atoms with Crippen molar-refractivity contribution in [3.63, 3.8) is 0 Å². The SMILES string of the molecule is CCN(CC)S(=O)(=O)c1ccc([C@H](C#N)C(=O)C2CCC2)nc1. The van der Waals surface area contributed by atoms with E-state index in [1.54, 1.807) is 13.8 Å². The van der Waals surface area contributed by atoms with E-state index in [0.717, 1.165) is 19.3 Å². The Bertz CT molecular complexity index is 699. The summed E-state index contributed by atoms with van der Waals surface area (Å²) in [5.74, 6) is -1.07. The zero-order valence-corrected chi connectivity index (χ0v) is 14.2. The summed E-state index contributed by atoms with van der Waals surface area (Å²) in [6, 6.07) is 4.90. The number of Topliss-reactive ketones (excluding diaryl/α,β-unsaturated/α-hetero) is 1. The maximum Gasteiger partial charge on any atom is 0.244 e. The standard InChI is InChI=1S/C16H21N3O3S/c1-3-19(4-2)23(21,22)13-8-9-15(18-11-13)14(10-17)16(20)12-6-5-7-12/h8-9,11-12,14H,3-7H2,1-2H3/t14-/m0/s1. The molecule has 1 aromatic heterocycles. The molecule has 0 bridgehead atoms. The molecule has 0 amide bonds. The molecule has 23 heavy (non-hydrogen) atoms. The molecule has 124 valence electrons. The molecule has 0 spiro atoms. The molecule has 1 fully saturated rings. The number of aromatic nitrogens is 1. The first-order valence-electron chi connectivity index (χ1n) is 7.85. The molecule has 1 heterocycles. The van der Waals surface area contributed by atoms with Crippen LogP contribution in [0.2, 0.25) is 0 Å². The molecule has 6 nitrogen and oxygen atoms in total. The van der Waals surface area contributed by atoms with Crippen molar-refractivity contribution in [1.29, 1.82) is 5.26 Å². The Labute approximate surface area is 137 Å². The Morgan fingerprint density at radius 1 is 1.39 bits per heavy atom. The van der Waals surface area contributed by atoms with Crippen LogP contribution in [0.25, 0.3) is 0 Å². The summed E-state index contributed by atoms with van der Waals surface area (Å²) in [7, 11) is -3.58. The number of hydrogen-bond donors (Lipinski definition) is 0. The highest BCUT2D eigenvalue weighted by Gasteiger charge is 2.33. The number of nitriles is 1. The topological polar surface area (TPSA) is 91.1 Å². The zero-order chi connectivity index (χ0) is 17.0. The van der Waals surface area contributed by atoms with Crippen LogP contribution in [0.3, 0.4) is 0 Å². The van der Waals surface area contributed by atoms with Gasteiger partial charge in [-0.15, -0.1) is 0 Å². The van der Waals surface area contributed by atoms with E-state index >= 15 is 0 Å². The zero-order valence-electron chi connectivity index (χ0n) is 13.4. The van der Waals surface area contributed by atoms with Crippen molar-refractivity contribution >= 4 is 15.8 Å². The van der Waals surface area contributed by atoms with E-state index in [1.807, 2.05) is 6.07 Å². The van der Waals surface area contributed by atoms with Crippen molar-refractivity contribution in [3.8, 4) is 6.07 Å². The molecule has 1 atom stereocenters. The summed E-state index contributed by atoms with van der Waals surface area (Å²) in [4.78, 5) is 16.4. The van der Waals surface area contributed by atoms with Crippen molar-refractivity contribution in [3.05, 3.63) is 24.0 Å². The van der Waals surface area contributed by atoms with Gasteiger partial charge in [0.25, 0.3) is 0 Å². The Kier molecular flexibility index (Phi) is 5.50. The highest BCUT2D eigenvalue weighted by atomic mass is 32.2. The van der Waals surface area contributed by atoms with Crippen LogP contribution in [0.5, 0.6) is 0 Å². The van der Waals surface area contributed by atoms with Crippen LogP contribution in [0, 0.1) is 17.2 Å². The van der Waals surface area contributed by atoms with Gasteiger partial charge in [-0.1, -0.05) is 20.3 Å². The lowest BCUT2D eigenvalue weighted by atomic mass is 9.77. The number of carbonyl (C=O) groups excluding carboxylic acids is 1. The summed E-state index contributed by atoms with van der Waals surface area (Å²) in [6.07, 6.45) is 3.90. The Balaban J connectivity index is 2.24. The first-order valence-corrected chi connectivity index (χ1v) is 9.29.